The molecule has 1 saturated carbocycles. The maximum Gasteiger partial charge on any atom is 0.290 e. The molecule has 1 aliphatic heterocycles. The Labute approximate surface area is 99.4 Å². The number of hydrogen-bond donors (Lipinski definition) is 2. The van der Waals surface area contributed by atoms with E-state index in [0.717, 1.165) is 18.8 Å². The molecule has 0 bridgehead atoms. The van der Waals surface area contributed by atoms with Crippen molar-refractivity contribution in [1.29, 1.82) is 0 Å². The van der Waals surface area contributed by atoms with Crippen molar-refractivity contribution in [3.8, 4) is 0 Å². The number of nitrogens with zero attached hydrogens (tertiary/aromatic N) is 1. The summed E-state index contributed by atoms with van der Waals surface area (Å²) in [6.07, 6.45) is 0. The molecule has 1 saturated heterocycles. The molecule has 2 aliphatic rings. The van der Waals surface area contributed by atoms with Crippen molar-refractivity contribution in [3.05, 3.63) is 17.5 Å². The quantitative estimate of drug-likeness (QED) is 0.787. The third-order valence-electron chi connectivity index (χ3n) is 3.24. The van der Waals surface area contributed by atoms with Gasteiger partial charge in [0.15, 0.2) is 0 Å². The third kappa shape index (κ3) is 1.81. The Hall–Kier alpha value is -1.07. The zero-order valence-electron chi connectivity index (χ0n) is 8.90. The van der Waals surface area contributed by atoms with Crippen LogP contribution in [0.5, 0.6) is 0 Å². The van der Waals surface area contributed by atoms with E-state index in [-0.39, 0.29) is 18.3 Å². The maximum atomic E-state index is 11.7. The second-order valence-electron chi connectivity index (χ2n) is 4.32. The van der Waals surface area contributed by atoms with Crippen LogP contribution in [0, 0.1) is 18.8 Å². The molecule has 6 heteroatoms. The number of rotatable bonds is 2. The van der Waals surface area contributed by atoms with Crippen molar-refractivity contribution >= 4 is 18.3 Å². The fourth-order valence-electron chi connectivity index (χ4n) is 2.33. The van der Waals surface area contributed by atoms with Gasteiger partial charge in [-0.1, -0.05) is 5.16 Å². The van der Waals surface area contributed by atoms with Crippen molar-refractivity contribution in [3.63, 3.8) is 0 Å². The largest absolute Gasteiger partial charge is 0.351 e. The minimum Gasteiger partial charge on any atom is -0.351 e. The molecule has 3 rings (SSSR count). The van der Waals surface area contributed by atoms with E-state index in [0.29, 0.717) is 23.6 Å². The van der Waals surface area contributed by atoms with Crippen LogP contribution >= 0.6 is 12.4 Å². The lowest BCUT2D eigenvalue weighted by molar-refractivity contribution is 0.0909. The van der Waals surface area contributed by atoms with E-state index in [1.165, 1.54) is 0 Å². The van der Waals surface area contributed by atoms with Gasteiger partial charge in [-0.2, -0.15) is 0 Å². The molecule has 16 heavy (non-hydrogen) atoms. The summed E-state index contributed by atoms with van der Waals surface area (Å²) in [6, 6.07) is 2.00. The topological polar surface area (TPSA) is 67.2 Å². The molecule has 2 fully saturated rings. The van der Waals surface area contributed by atoms with Crippen LogP contribution in [-0.4, -0.2) is 30.2 Å². The first kappa shape index (κ1) is 11.4. The molecule has 1 amide bonds. The van der Waals surface area contributed by atoms with Crippen LogP contribution in [0.1, 0.15) is 16.2 Å². The Morgan fingerprint density at radius 1 is 1.56 bits per heavy atom. The Morgan fingerprint density at radius 2 is 2.25 bits per heavy atom. The lowest BCUT2D eigenvalue weighted by Gasteiger charge is -2.04. The number of amides is 1. The van der Waals surface area contributed by atoms with Gasteiger partial charge in [0.2, 0.25) is 5.76 Å². The highest BCUT2D eigenvalue weighted by atomic mass is 35.5. The van der Waals surface area contributed by atoms with Crippen molar-refractivity contribution < 1.29 is 9.32 Å². The van der Waals surface area contributed by atoms with Gasteiger partial charge in [-0.3, -0.25) is 4.79 Å². The van der Waals surface area contributed by atoms with Gasteiger partial charge in [-0.05, 0) is 18.8 Å². The number of aryl methyl sites for hydroxylation is 1. The second kappa shape index (κ2) is 4.07. The van der Waals surface area contributed by atoms with Crippen LogP contribution in [0.25, 0.3) is 0 Å². The van der Waals surface area contributed by atoms with Crippen LogP contribution in [0.2, 0.25) is 0 Å². The fraction of sp³-hybridized carbons (Fsp3) is 0.600. The number of halogens is 1. The average Bonchev–Trinajstić information content (AvgIpc) is 2.66. The highest BCUT2D eigenvalue weighted by Gasteiger charge is 2.53. The fourth-order valence-corrected chi connectivity index (χ4v) is 2.33. The van der Waals surface area contributed by atoms with Crippen molar-refractivity contribution in [2.24, 2.45) is 11.8 Å². The molecule has 1 aromatic rings. The summed E-state index contributed by atoms with van der Waals surface area (Å²) in [4.78, 5) is 11.7. The van der Waals surface area contributed by atoms with Crippen LogP contribution in [-0.2, 0) is 0 Å². The summed E-state index contributed by atoms with van der Waals surface area (Å²) in [5, 5.41) is 9.94. The van der Waals surface area contributed by atoms with E-state index in [9.17, 15) is 4.79 Å². The van der Waals surface area contributed by atoms with Gasteiger partial charge in [-0.15, -0.1) is 12.4 Å². The maximum absolute atomic E-state index is 11.7. The molecule has 1 aliphatic carbocycles. The van der Waals surface area contributed by atoms with Crippen LogP contribution in [0.4, 0.5) is 0 Å². The van der Waals surface area contributed by atoms with Gasteiger partial charge < -0.3 is 15.2 Å². The predicted octanol–water partition coefficient (Wildman–Crippen LogP) is 0.352. The van der Waals surface area contributed by atoms with Gasteiger partial charge in [0.25, 0.3) is 5.91 Å². The van der Waals surface area contributed by atoms with Gasteiger partial charge >= 0.3 is 0 Å². The molecule has 5 nitrogen and oxygen atoms in total. The zero-order valence-corrected chi connectivity index (χ0v) is 9.71. The number of carbonyl (C=O) groups excluding carboxylic acids is 1. The molecule has 0 spiro atoms. The van der Waals surface area contributed by atoms with Crippen LogP contribution in [0.3, 0.4) is 0 Å². The molecular formula is C10H14ClN3O2. The van der Waals surface area contributed by atoms with E-state index in [1.807, 2.05) is 0 Å². The molecule has 1 aromatic heterocycles. The molecule has 0 aromatic carbocycles. The van der Waals surface area contributed by atoms with Gasteiger partial charge in [0.05, 0.1) is 5.69 Å². The molecular weight excluding hydrogens is 230 g/mol. The number of aromatic nitrogens is 1. The second-order valence-corrected chi connectivity index (χ2v) is 4.32. The minimum atomic E-state index is -0.144. The Morgan fingerprint density at radius 3 is 2.81 bits per heavy atom. The lowest BCUT2D eigenvalue weighted by Crippen LogP contribution is -2.32. The van der Waals surface area contributed by atoms with Gasteiger partial charge in [-0.25, -0.2) is 0 Å². The zero-order chi connectivity index (χ0) is 10.4. The highest BCUT2D eigenvalue weighted by molar-refractivity contribution is 5.91. The smallest absolute Gasteiger partial charge is 0.290 e. The first-order valence-electron chi connectivity index (χ1n) is 5.20. The van der Waals surface area contributed by atoms with E-state index < -0.39 is 0 Å². The standard InChI is InChI=1S/C10H13N3O2.ClH/c1-5-2-8(15-13-5)10(14)12-9-6-3-11-4-7(6)9;/h2,6-7,9,11H,3-4H2,1H3,(H,12,14);1H. The Balaban J connectivity index is 0.000000963. The summed E-state index contributed by atoms with van der Waals surface area (Å²) in [7, 11) is 0. The normalized spacial score (nSPS) is 30.4. The monoisotopic (exact) mass is 243 g/mol. The molecule has 0 radical (unpaired) electrons. The first-order valence-corrected chi connectivity index (χ1v) is 5.20. The third-order valence-corrected chi connectivity index (χ3v) is 3.24. The highest BCUT2D eigenvalue weighted by Crippen LogP contribution is 2.41. The van der Waals surface area contributed by atoms with Gasteiger partial charge in [0.1, 0.15) is 0 Å². The van der Waals surface area contributed by atoms with E-state index in [4.69, 9.17) is 4.52 Å². The van der Waals surface area contributed by atoms with Crippen LogP contribution in [0.15, 0.2) is 10.6 Å². The van der Waals surface area contributed by atoms with Crippen LogP contribution < -0.4 is 10.6 Å². The molecule has 2 heterocycles. The first-order chi connectivity index (χ1) is 7.25. The molecule has 88 valence electrons. The number of hydrogen-bond acceptors (Lipinski definition) is 4. The summed E-state index contributed by atoms with van der Waals surface area (Å²) in [6.45, 7) is 3.84. The number of carbonyl (C=O) groups is 1. The van der Waals surface area contributed by atoms with E-state index in [2.05, 4.69) is 15.8 Å². The minimum absolute atomic E-state index is 0. The number of piperidine rings is 1. The van der Waals surface area contributed by atoms with Crippen molar-refractivity contribution in [2.45, 2.75) is 13.0 Å². The lowest BCUT2D eigenvalue weighted by atomic mass is 10.3. The van der Waals surface area contributed by atoms with E-state index in [1.54, 1.807) is 13.0 Å². The van der Waals surface area contributed by atoms with E-state index >= 15 is 0 Å². The summed E-state index contributed by atoms with van der Waals surface area (Å²) in [5.74, 6) is 1.41. The summed E-state index contributed by atoms with van der Waals surface area (Å²) in [5.41, 5.74) is 0.734. The predicted molar refractivity (Wildman–Crippen MR) is 59.6 cm³/mol. The van der Waals surface area contributed by atoms with Crippen molar-refractivity contribution in [2.75, 3.05) is 13.1 Å². The van der Waals surface area contributed by atoms with Crippen molar-refractivity contribution in [1.82, 2.24) is 15.8 Å². The molecule has 2 N–H and O–H groups in total. The number of fused-ring (bicyclic) bond motifs is 1. The molecule has 2 atom stereocenters. The Bertz CT molecular complexity index is 397. The summed E-state index contributed by atoms with van der Waals surface area (Å²) < 4.78 is 4.90. The number of nitrogens with one attached hydrogen (secondary N) is 2. The van der Waals surface area contributed by atoms with Gasteiger partial charge in [0, 0.05) is 25.2 Å². The summed E-state index contributed by atoms with van der Waals surface area (Å²) >= 11 is 0. The average molecular weight is 244 g/mol. The Kier molecular flexibility index (Phi) is 2.90. The SMILES string of the molecule is Cc1cc(C(=O)NC2C3CNCC32)on1.Cl. The molecule has 2 unspecified atom stereocenters.